The van der Waals surface area contributed by atoms with Gasteiger partial charge in [-0.25, -0.2) is 0 Å². The summed E-state index contributed by atoms with van der Waals surface area (Å²) in [5.41, 5.74) is 4.65. The summed E-state index contributed by atoms with van der Waals surface area (Å²) in [5, 5.41) is 9.28. The van der Waals surface area contributed by atoms with E-state index < -0.39 is 0 Å². The highest BCUT2D eigenvalue weighted by atomic mass is 79.9. The maximum atomic E-state index is 12.8. The van der Waals surface area contributed by atoms with E-state index in [4.69, 9.17) is 0 Å². The number of piperazine rings is 1. The fraction of sp³-hybridized carbons (Fsp3) is 0.300. The van der Waals surface area contributed by atoms with E-state index in [0.717, 1.165) is 17.6 Å². The zero-order valence-corrected chi connectivity index (χ0v) is 16.0. The van der Waals surface area contributed by atoms with Crippen LogP contribution in [0.3, 0.4) is 0 Å². The summed E-state index contributed by atoms with van der Waals surface area (Å²) in [6.45, 7) is 7.14. The molecule has 0 unspecified atom stereocenters. The molecule has 5 heteroatoms. The minimum Gasteiger partial charge on any atom is -0.368 e. The Morgan fingerprint density at radius 3 is 2.44 bits per heavy atom. The summed E-state index contributed by atoms with van der Waals surface area (Å²) in [7, 11) is 0. The Bertz CT molecular complexity index is 849. The number of hydrogen-bond acceptors (Lipinski definition) is 3. The molecule has 0 spiro atoms. The van der Waals surface area contributed by atoms with Crippen molar-refractivity contribution >= 4 is 27.5 Å². The van der Waals surface area contributed by atoms with Crippen LogP contribution in [0.2, 0.25) is 0 Å². The van der Waals surface area contributed by atoms with Crippen molar-refractivity contribution in [3.8, 4) is 6.07 Å². The minimum absolute atomic E-state index is 0.0654. The summed E-state index contributed by atoms with van der Waals surface area (Å²) >= 11 is 3.35. The molecule has 0 N–H and O–H groups in total. The van der Waals surface area contributed by atoms with E-state index in [1.165, 1.54) is 16.8 Å². The van der Waals surface area contributed by atoms with E-state index in [9.17, 15) is 10.1 Å². The van der Waals surface area contributed by atoms with Crippen LogP contribution in [0.5, 0.6) is 0 Å². The van der Waals surface area contributed by atoms with Crippen molar-refractivity contribution in [2.75, 3.05) is 31.1 Å². The molecule has 0 aromatic heterocycles. The molecule has 4 nitrogen and oxygen atoms in total. The van der Waals surface area contributed by atoms with Crippen LogP contribution in [0.25, 0.3) is 0 Å². The number of benzene rings is 2. The highest BCUT2D eigenvalue weighted by molar-refractivity contribution is 9.10. The van der Waals surface area contributed by atoms with Gasteiger partial charge in [-0.15, -0.1) is 0 Å². The number of aryl methyl sites for hydroxylation is 2. The lowest BCUT2D eigenvalue weighted by Crippen LogP contribution is -2.49. The Balaban J connectivity index is 1.72. The number of nitriles is 1. The van der Waals surface area contributed by atoms with Gasteiger partial charge in [-0.3, -0.25) is 4.79 Å². The first-order chi connectivity index (χ1) is 12.0. The second-order valence-electron chi connectivity index (χ2n) is 6.37. The van der Waals surface area contributed by atoms with E-state index in [1.54, 1.807) is 18.2 Å². The van der Waals surface area contributed by atoms with E-state index in [-0.39, 0.29) is 5.91 Å². The van der Waals surface area contributed by atoms with Gasteiger partial charge in [0.25, 0.3) is 5.91 Å². The maximum Gasteiger partial charge on any atom is 0.255 e. The van der Waals surface area contributed by atoms with Crippen LogP contribution in [0.15, 0.2) is 40.9 Å². The Labute approximate surface area is 156 Å². The third-order valence-electron chi connectivity index (χ3n) is 4.59. The van der Waals surface area contributed by atoms with Crippen LogP contribution in [-0.4, -0.2) is 37.0 Å². The van der Waals surface area contributed by atoms with Crippen LogP contribution in [0.4, 0.5) is 5.69 Å². The molecule has 1 aliphatic rings. The van der Waals surface area contributed by atoms with Gasteiger partial charge in [0.15, 0.2) is 0 Å². The molecular formula is C20H20BrN3O. The van der Waals surface area contributed by atoms with Gasteiger partial charge < -0.3 is 9.80 Å². The second kappa shape index (κ2) is 7.28. The standard InChI is InChI=1S/C20H20BrN3O/c1-14-3-6-19(15(2)11-14)23-7-9-24(10-8-23)20(25)18-5-4-17(21)12-16(18)13-22/h3-6,11-12H,7-10H2,1-2H3. The van der Waals surface area contributed by atoms with E-state index in [0.29, 0.717) is 24.2 Å². The van der Waals surface area contributed by atoms with Gasteiger partial charge >= 0.3 is 0 Å². The topological polar surface area (TPSA) is 47.3 Å². The lowest BCUT2D eigenvalue weighted by Gasteiger charge is -2.37. The molecule has 0 bridgehead atoms. The molecule has 2 aromatic carbocycles. The summed E-state index contributed by atoms with van der Waals surface area (Å²) in [6.07, 6.45) is 0. The van der Waals surface area contributed by atoms with Crippen molar-refractivity contribution in [2.45, 2.75) is 13.8 Å². The molecule has 1 heterocycles. The van der Waals surface area contributed by atoms with Crippen LogP contribution < -0.4 is 4.90 Å². The predicted molar refractivity (Wildman–Crippen MR) is 103 cm³/mol. The normalized spacial score (nSPS) is 14.3. The third kappa shape index (κ3) is 3.69. The molecule has 3 rings (SSSR count). The second-order valence-corrected chi connectivity index (χ2v) is 7.29. The van der Waals surface area contributed by atoms with Gasteiger partial charge in [-0.1, -0.05) is 33.6 Å². The summed E-state index contributed by atoms with van der Waals surface area (Å²) < 4.78 is 0.806. The number of amides is 1. The molecule has 0 aliphatic carbocycles. The quantitative estimate of drug-likeness (QED) is 0.771. The summed E-state index contributed by atoms with van der Waals surface area (Å²) in [4.78, 5) is 16.9. The fourth-order valence-corrected chi connectivity index (χ4v) is 3.64. The van der Waals surface area contributed by atoms with Crippen LogP contribution in [-0.2, 0) is 0 Å². The molecule has 1 aliphatic heterocycles. The molecule has 0 radical (unpaired) electrons. The number of anilines is 1. The fourth-order valence-electron chi connectivity index (χ4n) is 3.28. The number of hydrogen-bond donors (Lipinski definition) is 0. The number of halogens is 1. The van der Waals surface area contributed by atoms with Crippen molar-refractivity contribution in [1.29, 1.82) is 5.26 Å². The first kappa shape index (κ1) is 17.5. The molecule has 25 heavy (non-hydrogen) atoms. The van der Waals surface area contributed by atoms with Crippen molar-refractivity contribution in [2.24, 2.45) is 0 Å². The number of rotatable bonds is 2. The number of carbonyl (C=O) groups is 1. The van der Waals surface area contributed by atoms with Gasteiger partial charge in [0.05, 0.1) is 17.2 Å². The Morgan fingerprint density at radius 1 is 1.08 bits per heavy atom. The van der Waals surface area contributed by atoms with E-state index >= 15 is 0 Å². The third-order valence-corrected chi connectivity index (χ3v) is 5.09. The smallest absolute Gasteiger partial charge is 0.255 e. The molecule has 1 fully saturated rings. The number of carbonyl (C=O) groups excluding carboxylic acids is 1. The Kier molecular flexibility index (Phi) is 5.10. The van der Waals surface area contributed by atoms with Gasteiger partial charge in [-0.05, 0) is 43.7 Å². The predicted octanol–water partition coefficient (Wildman–Crippen LogP) is 3.90. The van der Waals surface area contributed by atoms with Gasteiger partial charge in [-0.2, -0.15) is 5.26 Å². The van der Waals surface area contributed by atoms with Crippen LogP contribution in [0, 0.1) is 25.2 Å². The van der Waals surface area contributed by atoms with Crippen molar-refractivity contribution in [1.82, 2.24) is 4.90 Å². The molecule has 1 amide bonds. The average Bonchev–Trinajstić information content (AvgIpc) is 2.61. The first-order valence-corrected chi connectivity index (χ1v) is 9.10. The minimum atomic E-state index is -0.0654. The Hall–Kier alpha value is -2.32. The highest BCUT2D eigenvalue weighted by Gasteiger charge is 2.24. The zero-order valence-electron chi connectivity index (χ0n) is 14.4. The lowest BCUT2D eigenvalue weighted by molar-refractivity contribution is 0.0746. The van der Waals surface area contributed by atoms with E-state index in [1.807, 2.05) is 4.90 Å². The molecular weight excluding hydrogens is 378 g/mol. The van der Waals surface area contributed by atoms with Crippen molar-refractivity contribution in [3.63, 3.8) is 0 Å². The molecule has 128 valence electrons. The van der Waals surface area contributed by atoms with E-state index in [2.05, 4.69) is 58.9 Å². The van der Waals surface area contributed by atoms with Crippen molar-refractivity contribution in [3.05, 3.63) is 63.1 Å². The average molecular weight is 398 g/mol. The maximum absolute atomic E-state index is 12.8. The summed E-state index contributed by atoms with van der Waals surface area (Å²) in [6, 6.07) is 13.8. The molecule has 2 aromatic rings. The molecule has 0 atom stereocenters. The lowest BCUT2D eigenvalue weighted by atomic mass is 10.1. The molecule has 0 saturated carbocycles. The van der Waals surface area contributed by atoms with Crippen molar-refractivity contribution < 1.29 is 4.79 Å². The molecule has 1 saturated heterocycles. The zero-order chi connectivity index (χ0) is 18.0. The van der Waals surface area contributed by atoms with Gasteiger partial charge in [0, 0.05) is 36.3 Å². The van der Waals surface area contributed by atoms with Gasteiger partial charge in [0.2, 0.25) is 0 Å². The highest BCUT2D eigenvalue weighted by Crippen LogP contribution is 2.24. The van der Waals surface area contributed by atoms with Gasteiger partial charge in [0.1, 0.15) is 0 Å². The summed E-state index contributed by atoms with van der Waals surface area (Å²) in [5.74, 6) is -0.0654. The van der Waals surface area contributed by atoms with Crippen LogP contribution in [0.1, 0.15) is 27.0 Å². The van der Waals surface area contributed by atoms with Crippen LogP contribution >= 0.6 is 15.9 Å². The largest absolute Gasteiger partial charge is 0.368 e. The SMILES string of the molecule is Cc1ccc(N2CCN(C(=O)c3ccc(Br)cc3C#N)CC2)c(C)c1. The number of nitrogens with zero attached hydrogens (tertiary/aromatic N) is 3. The monoisotopic (exact) mass is 397 g/mol. The first-order valence-electron chi connectivity index (χ1n) is 8.30. The Morgan fingerprint density at radius 2 is 1.80 bits per heavy atom.